The standard InChI is InChI=1S/C22H36N4O3/c1-22(2,3)29-21(27)26-13-11-18(16-26)28-15-7-5-6-8-17-9-10-19-20(24-17)23-12-14-25(19)4/h9-10,18H,5-8,11-16H2,1-4H3,(H,23,24)/t18-/m1/s1. The number of unbranched alkanes of at least 4 members (excludes halogenated alkanes) is 2. The van der Waals surface area contributed by atoms with E-state index in [2.05, 4.69) is 29.4 Å². The predicted molar refractivity (Wildman–Crippen MR) is 116 cm³/mol. The highest BCUT2D eigenvalue weighted by Gasteiger charge is 2.30. The summed E-state index contributed by atoms with van der Waals surface area (Å²) in [4.78, 5) is 20.9. The van der Waals surface area contributed by atoms with E-state index < -0.39 is 5.60 Å². The lowest BCUT2D eigenvalue weighted by Crippen LogP contribution is -2.36. The molecule has 1 N–H and O–H groups in total. The maximum Gasteiger partial charge on any atom is 0.410 e. The SMILES string of the molecule is CN1CCNc2nc(CCCCCO[C@@H]3CCN(C(=O)OC(C)(C)C)C3)ccc21. The number of hydrogen-bond acceptors (Lipinski definition) is 6. The third-order valence-corrected chi connectivity index (χ3v) is 5.31. The van der Waals surface area contributed by atoms with Gasteiger partial charge in [0.25, 0.3) is 0 Å². The second kappa shape index (κ2) is 9.65. The number of fused-ring (bicyclic) bond motifs is 1. The molecule has 7 heteroatoms. The molecule has 0 unspecified atom stereocenters. The fourth-order valence-corrected chi connectivity index (χ4v) is 3.72. The van der Waals surface area contributed by atoms with Crippen LogP contribution in [0.2, 0.25) is 0 Å². The fraction of sp³-hybridized carbons (Fsp3) is 0.727. The lowest BCUT2D eigenvalue weighted by molar-refractivity contribution is 0.0206. The third-order valence-electron chi connectivity index (χ3n) is 5.31. The Bertz CT molecular complexity index is 689. The highest BCUT2D eigenvalue weighted by molar-refractivity contribution is 5.68. The van der Waals surface area contributed by atoms with Crippen molar-refractivity contribution in [3.8, 4) is 0 Å². The predicted octanol–water partition coefficient (Wildman–Crippen LogP) is 3.68. The van der Waals surface area contributed by atoms with Gasteiger partial charge >= 0.3 is 6.09 Å². The van der Waals surface area contributed by atoms with Crippen molar-refractivity contribution < 1.29 is 14.3 Å². The van der Waals surface area contributed by atoms with Gasteiger partial charge in [0.1, 0.15) is 11.4 Å². The molecule has 162 valence electrons. The average molecular weight is 405 g/mol. The third kappa shape index (κ3) is 6.49. The molecule has 7 nitrogen and oxygen atoms in total. The minimum Gasteiger partial charge on any atom is -0.444 e. The Morgan fingerprint density at radius 1 is 1.24 bits per heavy atom. The topological polar surface area (TPSA) is 66.9 Å². The molecule has 0 radical (unpaired) electrons. The minimum absolute atomic E-state index is 0.132. The number of rotatable bonds is 7. The van der Waals surface area contributed by atoms with Gasteiger partial charge in [-0.15, -0.1) is 0 Å². The quantitative estimate of drug-likeness (QED) is 0.699. The van der Waals surface area contributed by atoms with E-state index in [1.165, 1.54) is 5.69 Å². The molecule has 0 spiro atoms. The first-order chi connectivity index (χ1) is 13.8. The number of ether oxygens (including phenoxy) is 2. The highest BCUT2D eigenvalue weighted by atomic mass is 16.6. The van der Waals surface area contributed by atoms with E-state index in [4.69, 9.17) is 14.5 Å². The molecule has 1 aromatic heterocycles. The lowest BCUT2D eigenvalue weighted by Gasteiger charge is -2.27. The van der Waals surface area contributed by atoms with Gasteiger partial charge in [0.15, 0.2) is 0 Å². The number of amides is 1. The highest BCUT2D eigenvalue weighted by Crippen LogP contribution is 2.26. The number of nitrogens with zero attached hydrogens (tertiary/aromatic N) is 3. The van der Waals surface area contributed by atoms with Gasteiger partial charge < -0.3 is 24.6 Å². The molecular formula is C22H36N4O3. The van der Waals surface area contributed by atoms with Crippen molar-refractivity contribution in [3.05, 3.63) is 17.8 Å². The number of hydrogen-bond donors (Lipinski definition) is 1. The summed E-state index contributed by atoms with van der Waals surface area (Å²) < 4.78 is 11.4. The first-order valence-corrected chi connectivity index (χ1v) is 10.9. The van der Waals surface area contributed by atoms with Crippen LogP contribution in [0.3, 0.4) is 0 Å². The zero-order valence-electron chi connectivity index (χ0n) is 18.4. The number of likely N-dealkylation sites (tertiary alicyclic amines) is 1. The van der Waals surface area contributed by atoms with Gasteiger partial charge in [-0.05, 0) is 58.6 Å². The van der Waals surface area contributed by atoms with Crippen LogP contribution in [0.4, 0.5) is 16.3 Å². The van der Waals surface area contributed by atoms with Crippen LogP contribution >= 0.6 is 0 Å². The van der Waals surface area contributed by atoms with Crippen LogP contribution in [0.25, 0.3) is 0 Å². The van der Waals surface area contributed by atoms with Crippen molar-refractivity contribution in [3.63, 3.8) is 0 Å². The van der Waals surface area contributed by atoms with E-state index in [0.29, 0.717) is 13.1 Å². The van der Waals surface area contributed by atoms with Gasteiger partial charge in [-0.1, -0.05) is 6.42 Å². The number of carbonyl (C=O) groups excluding carboxylic acids is 1. The number of aromatic nitrogens is 1. The molecule has 1 fully saturated rings. The van der Waals surface area contributed by atoms with E-state index in [9.17, 15) is 4.79 Å². The Hall–Kier alpha value is -2.02. The normalized spacial score (nSPS) is 19.1. The van der Waals surface area contributed by atoms with Crippen LogP contribution in [0.15, 0.2) is 12.1 Å². The Labute approximate surface area is 174 Å². The van der Waals surface area contributed by atoms with Gasteiger partial charge in [0, 0.05) is 39.0 Å². The molecule has 1 saturated heterocycles. The second-order valence-electron chi connectivity index (χ2n) is 9.04. The Morgan fingerprint density at radius 2 is 2.07 bits per heavy atom. The van der Waals surface area contributed by atoms with E-state index in [1.54, 1.807) is 4.90 Å². The summed E-state index contributed by atoms with van der Waals surface area (Å²) in [5.74, 6) is 1.01. The van der Waals surface area contributed by atoms with Crippen LogP contribution < -0.4 is 10.2 Å². The molecule has 0 bridgehead atoms. The first-order valence-electron chi connectivity index (χ1n) is 10.9. The summed E-state index contributed by atoms with van der Waals surface area (Å²) in [6.45, 7) is 9.74. The molecule has 3 rings (SSSR count). The summed E-state index contributed by atoms with van der Waals surface area (Å²) in [5, 5.41) is 3.39. The van der Waals surface area contributed by atoms with Gasteiger partial charge in [-0.2, -0.15) is 0 Å². The van der Waals surface area contributed by atoms with Gasteiger partial charge in [-0.25, -0.2) is 9.78 Å². The molecule has 0 aliphatic carbocycles. The Balaban J connectivity index is 1.29. The van der Waals surface area contributed by atoms with E-state index in [1.807, 2.05) is 20.8 Å². The lowest BCUT2D eigenvalue weighted by atomic mass is 10.1. The van der Waals surface area contributed by atoms with Crippen LogP contribution in [-0.2, 0) is 15.9 Å². The number of nitrogens with one attached hydrogen (secondary N) is 1. The molecule has 1 atom stereocenters. The van der Waals surface area contributed by atoms with Crippen LogP contribution in [0.5, 0.6) is 0 Å². The average Bonchev–Trinajstić information content (AvgIpc) is 3.12. The minimum atomic E-state index is -0.449. The number of aryl methyl sites for hydroxylation is 1. The van der Waals surface area contributed by atoms with Crippen molar-refractivity contribution in [2.24, 2.45) is 0 Å². The number of likely N-dealkylation sites (N-methyl/N-ethyl adjacent to an activating group) is 1. The molecule has 0 saturated carbocycles. The first kappa shape index (κ1) is 21.7. The van der Waals surface area contributed by atoms with Gasteiger partial charge in [0.05, 0.1) is 18.3 Å². The maximum atomic E-state index is 12.1. The van der Waals surface area contributed by atoms with E-state index >= 15 is 0 Å². The van der Waals surface area contributed by atoms with Crippen LogP contribution in [0.1, 0.15) is 52.1 Å². The van der Waals surface area contributed by atoms with Gasteiger partial charge in [0.2, 0.25) is 0 Å². The molecule has 0 aromatic carbocycles. The number of pyridine rings is 1. The van der Waals surface area contributed by atoms with Crippen molar-refractivity contribution >= 4 is 17.6 Å². The van der Waals surface area contributed by atoms with Crippen LogP contribution in [-0.4, -0.2) is 67.5 Å². The Morgan fingerprint density at radius 3 is 2.86 bits per heavy atom. The monoisotopic (exact) mass is 404 g/mol. The van der Waals surface area contributed by atoms with Gasteiger partial charge in [-0.3, -0.25) is 0 Å². The summed E-state index contributed by atoms with van der Waals surface area (Å²) in [5.41, 5.74) is 1.89. The summed E-state index contributed by atoms with van der Waals surface area (Å²) >= 11 is 0. The Kier molecular flexibility index (Phi) is 7.22. The van der Waals surface area contributed by atoms with Crippen molar-refractivity contribution in [2.45, 2.75) is 64.6 Å². The van der Waals surface area contributed by atoms with Crippen molar-refractivity contribution in [2.75, 3.05) is 50.1 Å². The van der Waals surface area contributed by atoms with Crippen molar-refractivity contribution in [1.82, 2.24) is 9.88 Å². The van der Waals surface area contributed by atoms with Crippen LogP contribution in [0, 0.1) is 0 Å². The zero-order valence-corrected chi connectivity index (χ0v) is 18.4. The maximum absolute atomic E-state index is 12.1. The molecule has 1 aromatic rings. The molecule has 1 amide bonds. The zero-order chi connectivity index (χ0) is 20.9. The smallest absolute Gasteiger partial charge is 0.410 e. The molecule has 2 aliphatic rings. The number of carbonyl (C=O) groups is 1. The summed E-state index contributed by atoms with van der Waals surface area (Å²) in [6.07, 6.45) is 5.05. The largest absolute Gasteiger partial charge is 0.444 e. The fourth-order valence-electron chi connectivity index (χ4n) is 3.72. The molecular weight excluding hydrogens is 368 g/mol. The summed E-state index contributed by atoms with van der Waals surface area (Å²) in [7, 11) is 2.11. The molecule has 29 heavy (non-hydrogen) atoms. The molecule has 2 aliphatic heterocycles. The van der Waals surface area contributed by atoms with Crippen molar-refractivity contribution in [1.29, 1.82) is 0 Å². The molecule has 3 heterocycles. The van der Waals surface area contributed by atoms with E-state index in [0.717, 1.165) is 63.3 Å². The number of anilines is 2. The summed E-state index contributed by atoms with van der Waals surface area (Å²) in [6, 6.07) is 4.31. The second-order valence-corrected chi connectivity index (χ2v) is 9.04. The van der Waals surface area contributed by atoms with E-state index in [-0.39, 0.29) is 12.2 Å².